The van der Waals surface area contributed by atoms with E-state index in [0.29, 0.717) is 18.5 Å². The van der Waals surface area contributed by atoms with Crippen LogP contribution in [-0.2, 0) is 14.4 Å². The largest absolute Gasteiger partial charge is 0.322 e. The van der Waals surface area contributed by atoms with E-state index < -0.39 is 11.9 Å². The zero-order chi connectivity index (χ0) is 15.7. The molecule has 2 aliphatic rings. The summed E-state index contributed by atoms with van der Waals surface area (Å²) in [6, 6.07) is -0.595. The highest BCUT2D eigenvalue weighted by Crippen LogP contribution is 2.31. The van der Waals surface area contributed by atoms with Crippen molar-refractivity contribution >= 4 is 17.7 Å². The highest BCUT2D eigenvalue weighted by Gasteiger charge is 2.40. The third-order valence-corrected chi connectivity index (χ3v) is 3.99. The van der Waals surface area contributed by atoms with Gasteiger partial charge in [-0.05, 0) is 23.5 Å². The molecule has 1 saturated heterocycles. The molecule has 2 aliphatic heterocycles. The van der Waals surface area contributed by atoms with Crippen LogP contribution in [0.25, 0.3) is 0 Å². The van der Waals surface area contributed by atoms with E-state index in [9.17, 15) is 14.4 Å². The zero-order valence-electron chi connectivity index (χ0n) is 12.4. The summed E-state index contributed by atoms with van der Waals surface area (Å²) < 4.78 is 0. The Bertz CT molecular complexity index is 572. The molecule has 2 heterocycles. The molecule has 5 nitrogen and oxygen atoms in total. The standard InChI is InChI=1S/C16H20N2O3/c1-5-11-8-18(12-6-7-13(19)17-15(12)20)16(21)14(11)10(4)9(2)3/h5,9,12H,1,4,6-8H2,2-3H3,(H,17,19,20). The number of imide groups is 1. The summed E-state index contributed by atoms with van der Waals surface area (Å²) in [5.74, 6) is -0.746. The minimum absolute atomic E-state index is 0.139. The number of nitrogens with zero attached hydrogens (tertiary/aromatic N) is 1. The van der Waals surface area contributed by atoms with Crippen molar-refractivity contribution in [2.24, 2.45) is 5.92 Å². The average molecular weight is 288 g/mol. The lowest BCUT2D eigenvalue weighted by Crippen LogP contribution is -2.53. The van der Waals surface area contributed by atoms with Gasteiger partial charge in [0, 0.05) is 18.5 Å². The first kappa shape index (κ1) is 15.2. The fraction of sp³-hybridized carbons (Fsp3) is 0.438. The van der Waals surface area contributed by atoms with Crippen LogP contribution >= 0.6 is 0 Å². The fourth-order valence-electron chi connectivity index (χ4n) is 2.65. The molecule has 112 valence electrons. The number of hydrogen-bond acceptors (Lipinski definition) is 3. The highest BCUT2D eigenvalue weighted by atomic mass is 16.2. The number of rotatable bonds is 4. The van der Waals surface area contributed by atoms with Gasteiger partial charge in [0.05, 0.1) is 0 Å². The third kappa shape index (κ3) is 2.68. The maximum Gasteiger partial charge on any atom is 0.255 e. The van der Waals surface area contributed by atoms with Crippen LogP contribution in [0.5, 0.6) is 0 Å². The quantitative estimate of drug-likeness (QED) is 0.794. The van der Waals surface area contributed by atoms with Crippen LogP contribution in [0.15, 0.2) is 36.0 Å². The summed E-state index contributed by atoms with van der Waals surface area (Å²) in [5, 5.41) is 2.29. The lowest BCUT2D eigenvalue weighted by Gasteiger charge is -2.30. The average Bonchev–Trinajstić information content (AvgIpc) is 2.74. The van der Waals surface area contributed by atoms with Crippen LogP contribution in [0.3, 0.4) is 0 Å². The molecule has 5 heteroatoms. The molecule has 1 fully saturated rings. The number of carbonyl (C=O) groups excluding carboxylic acids is 3. The van der Waals surface area contributed by atoms with Gasteiger partial charge in [-0.15, -0.1) is 0 Å². The van der Waals surface area contributed by atoms with Gasteiger partial charge in [0.15, 0.2) is 0 Å². The molecule has 3 amide bonds. The molecule has 0 aromatic heterocycles. The van der Waals surface area contributed by atoms with Gasteiger partial charge in [-0.2, -0.15) is 0 Å². The van der Waals surface area contributed by atoms with Gasteiger partial charge >= 0.3 is 0 Å². The van der Waals surface area contributed by atoms with E-state index in [1.54, 1.807) is 6.08 Å². The van der Waals surface area contributed by atoms with Crippen LogP contribution in [0.2, 0.25) is 0 Å². The topological polar surface area (TPSA) is 66.5 Å². The Kier molecular flexibility index (Phi) is 4.11. The number of nitrogens with one attached hydrogen (secondary N) is 1. The molecule has 1 atom stereocenters. The molecule has 0 aromatic carbocycles. The Morgan fingerprint density at radius 3 is 2.57 bits per heavy atom. The number of hydrogen-bond donors (Lipinski definition) is 1. The Hall–Kier alpha value is -2.17. The van der Waals surface area contributed by atoms with Crippen LogP contribution in [0.1, 0.15) is 26.7 Å². The van der Waals surface area contributed by atoms with Crippen LogP contribution in [-0.4, -0.2) is 35.2 Å². The first-order valence-electron chi connectivity index (χ1n) is 7.06. The summed E-state index contributed by atoms with van der Waals surface area (Å²) in [5.41, 5.74) is 2.11. The smallest absolute Gasteiger partial charge is 0.255 e. The monoisotopic (exact) mass is 288 g/mol. The van der Waals surface area contributed by atoms with E-state index in [0.717, 1.165) is 11.1 Å². The van der Waals surface area contributed by atoms with E-state index in [1.807, 2.05) is 13.8 Å². The van der Waals surface area contributed by atoms with E-state index in [2.05, 4.69) is 18.5 Å². The van der Waals surface area contributed by atoms with Crippen molar-refractivity contribution in [2.45, 2.75) is 32.7 Å². The Labute approximate surface area is 124 Å². The first-order valence-corrected chi connectivity index (χ1v) is 7.06. The molecular formula is C16H20N2O3. The van der Waals surface area contributed by atoms with E-state index in [1.165, 1.54) is 4.90 Å². The third-order valence-electron chi connectivity index (χ3n) is 3.99. The second-order valence-corrected chi connectivity index (χ2v) is 5.68. The Morgan fingerprint density at radius 2 is 2.05 bits per heavy atom. The molecule has 0 bridgehead atoms. The Balaban J connectivity index is 2.26. The van der Waals surface area contributed by atoms with Crippen LogP contribution in [0.4, 0.5) is 0 Å². The van der Waals surface area contributed by atoms with Gasteiger partial charge in [-0.3, -0.25) is 19.7 Å². The predicted octanol–water partition coefficient (Wildman–Crippen LogP) is 1.33. The maximum absolute atomic E-state index is 12.6. The van der Waals surface area contributed by atoms with Crippen molar-refractivity contribution in [3.63, 3.8) is 0 Å². The minimum atomic E-state index is -0.595. The molecule has 1 N–H and O–H groups in total. The molecule has 0 spiro atoms. The predicted molar refractivity (Wildman–Crippen MR) is 79.1 cm³/mol. The fourth-order valence-corrected chi connectivity index (χ4v) is 2.65. The molecule has 1 unspecified atom stereocenters. The minimum Gasteiger partial charge on any atom is -0.322 e. The van der Waals surface area contributed by atoms with Gasteiger partial charge in [0.25, 0.3) is 5.91 Å². The van der Waals surface area contributed by atoms with Crippen molar-refractivity contribution in [2.75, 3.05) is 6.54 Å². The van der Waals surface area contributed by atoms with Gasteiger partial charge in [-0.1, -0.05) is 33.1 Å². The van der Waals surface area contributed by atoms with E-state index in [4.69, 9.17) is 0 Å². The summed E-state index contributed by atoms with van der Waals surface area (Å²) in [4.78, 5) is 37.3. The van der Waals surface area contributed by atoms with E-state index >= 15 is 0 Å². The summed E-state index contributed by atoms with van der Waals surface area (Å²) in [6.45, 7) is 12.0. The van der Waals surface area contributed by atoms with Gasteiger partial charge < -0.3 is 4.90 Å². The molecule has 0 radical (unpaired) electrons. The number of piperidine rings is 1. The van der Waals surface area contributed by atoms with Gasteiger partial charge in [-0.25, -0.2) is 0 Å². The van der Waals surface area contributed by atoms with Crippen LogP contribution in [0, 0.1) is 5.92 Å². The highest BCUT2D eigenvalue weighted by molar-refractivity contribution is 6.07. The second-order valence-electron chi connectivity index (χ2n) is 5.68. The molecule has 2 rings (SSSR count). The summed E-state index contributed by atoms with van der Waals surface area (Å²) >= 11 is 0. The van der Waals surface area contributed by atoms with Crippen molar-refractivity contribution in [3.8, 4) is 0 Å². The lowest BCUT2D eigenvalue weighted by molar-refractivity contribution is -0.142. The summed E-state index contributed by atoms with van der Waals surface area (Å²) in [7, 11) is 0. The van der Waals surface area contributed by atoms with E-state index in [-0.39, 0.29) is 24.2 Å². The van der Waals surface area contributed by atoms with Crippen molar-refractivity contribution in [3.05, 3.63) is 36.0 Å². The first-order chi connectivity index (χ1) is 9.86. The van der Waals surface area contributed by atoms with Crippen LogP contribution < -0.4 is 5.32 Å². The number of carbonyl (C=O) groups is 3. The number of amides is 3. The molecule has 0 aromatic rings. The second kappa shape index (κ2) is 5.68. The Morgan fingerprint density at radius 1 is 1.38 bits per heavy atom. The molecular weight excluding hydrogens is 268 g/mol. The zero-order valence-corrected chi connectivity index (χ0v) is 12.4. The molecule has 0 saturated carbocycles. The van der Waals surface area contributed by atoms with Gasteiger partial charge in [0.2, 0.25) is 11.8 Å². The summed E-state index contributed by atoms with van der Waals surface area (Å²) in [6.07, 6.45) is 2.26. The maximum atomic E-state index is 12.6. The van der Waals surface area contributed by atoms with Crippen molar-refractivity contribution < 1.29 is 14.4 Å². The lowest BCUT2D eigenvalue weighted by atomic mass is 9.94. The van der Waals surface area contributed by atoms with Gasteiger partial charge in [0.1, 0.15) is 6.04 Å². The van der Waals surface area contributed by atoms with Crippen molar-refractivity contribution in [1.82, 2.24) is 10.2 Å². The van der Waals surface area contributed by atoms with Crippen molar-refractivity contribution in [1.29, 1.82) is 0 Å². The normalized spacial score (nSPS) is 22.9. The SMILES string of the molecule is C=CC1=C(C(=C)C(C)C)C(=O)N(C2CCC(=O)NC2=O)C1. The molecule has 0 aliphatic carbocycles. The molecule has 21 heavy (non-hydrogen) atoms.